The summed E-state index contributed by atoms with van der Waals surface area (Å²) in [6.45, 7) is 1.58. The number of rotatable bonds is 1. The zero-order valence-electron chi connectivity index (χ0n) is 5.88. The molecule has 0 saturated carbocycles. The minimum absolute atomic E-state index is 0.155. The van der Waals surface area contributed by atoms with E-state index in [-0.39, 0.29) is 5.69 Å². The Hall–Kier alpha value is -1.58. The number of aromatic carboxylic acids is 1. The Morgan fingerprint density at radius 3 is 2.64 bits per heavy atom. The molecular weight excluding hydrogens is 146 g/mol. The Labute approximate surface area is 62.5 Å². The first kappa shape index (κ1) is 7.53. The fourth-order valence-corrected chi connectivity index (χ4v) is 0.759. The largest absolute Gasteiger partial charge is 0.543 e. The summed E-state index contributed by atoms with van der Waals surface area (Å²) >= 11 is 0. The molecule has 11 heavy (non-hydrogen) atoms. The molecule has 4 nitrogen and oxygen atoms in total. The van der Waals surface area contributed by atoms with Gasteiger partial charge in [0.1, 0.15) is 0 Å². The molecule has 0 amide bonds. The Kier molecular flexibility index (Phi) is 1.76. The predicted octanol–water partition coefficient (Wildman–Crippen LogP) is -0.953. The Bertz CT molecular complexity index is 340. The number of hydrogen-bond donors (Lipinski definition) is 1. The quantitative estimate of drug-likeness (QED) is 0.563. The molecule has 0 aliphatic carbocycles. The van der Waals surface area contributed by atoms with E-state index in [2.05, 4.69) is 4.98 Å². The van der Waals surface area contributed by atoms with Crippen molar-refractivity contribution >= 4 is 5.97 Å². The van der Waals surface area contributed by atoms with Crippen molar-refractivity contribution in [2.45, 2.75) is 6.92 Å². The smallest absolute Gasteiger partial charge is 0.248 e. The minimum Gasteiger partial charge on any atom is -0.543 e. The fourth-order valence-electron chi connectivity index (χ4n) is 0.759. The van der Waals surface area contributed by atoms with Crippen molar-refractivity contribution in [1.82, 2.24) is 4.98 Å². The van der Waals surface area contributed by atoms with Gasteiger partial charge < -0.3 is 14.9 Å². The molecule has 1 N–H and O–H groups in total. The summed E-state index contributed by atoms with van der Waals surface area (Å²) in [4.78, 5) is 23.1. The first-order valence-electron chi connectivity index (χ1n) is 3.02. The molecule has 0 atom stereocenters. The SMILES string of the molecule is Cc1ccc(=O)[nH]c1C(=O)[O-]. The number of carboxylic acid groups (broad SMARTS) is 1. The lowest BCUT2D eigenvalue weighted by Gasteiger charge is -2.03. The molecule has 1 rings (SSSR count). The molecule has 0 spiro atoms. The highest BCUT2D eigenvalue weighted by Crippen LogP contribution is 1.97. The Balaban J connectivity index is 3.35. The molecule has 4 heteroatoms. The molecule has 0 aromatic carbocycles. The molecule has 0 bridgehead atoms. The van der Waals surface area contributed by atoms with E-state index < -0.39 is 11.5 Å². The first-order chi connectivity index (χ1) is 5.11. The van der Waals surface area contributed by atoms with Crippen molar-refractivity contribution in [2.24, 2.45) is 0 Å². The average Bonchev–Trinajstić information content (AvgIpc) is 1.94. The van der Waals surface area contributed by atoms with Crippen LogP contribution in [-0.2, 0) is 0 Å². The van der Waals surface area contributed by atoms with Crippen LogP contribution in [0.4, 0.5) is 0 Å². The maximum absolute atomic E-state index is 10.6. The van der Waals surface area contributed by atoms with Gasteiger partial charge in [-0.15, -0.1) is 0 Å². The molecule has 58 valence electrons. The lowest BCUT2D eigenvalue weighted by molar-refractivity contribution is -0.255. The van der Waals surface area contributed by atoms with Crippen molar-refractivity contribution in [1.29, 1.82) is 0 Å². The van der Waals surface area contributed by atoms with E-state index in [1.165, 1.54) is 12.1 Å². The number of pyridine rings is 1. The van der Waals surface area contributed by atoms with Crippen LogP contribution in [0.5, 0.6) is 0 Å². The van der Waals surface area contributed by atoms with Gasteiger partial charge in [0.15, 0.2) is 0 Å². The van der Waals surface area contributed by atoms with Gasteiger partial charge in [-0.05, 0) is 12.5 Å². The van der Waals surface area contributed by atoms with Gasteiger partial charge in [-0.3, -0.25) is 4.79 Å². The van der Waals surface area contributed by atoms with Gasteiger partial charge in [0.05, 0.1) is 11.7 Å². The van der Waals surface area contributed by atoms with Crippen LogP contribution in [0.1, 0.15) is 16.1 Å². The van der Waals surface area contributed by atoms with Gasteiger partial charge >= 0.3 is 0 Å². The van der Waals surface area contributed by atoms with Gasteiger partial charge in [0.2, 0.25) is 5.56 Å². The third-order valence-corrected chi connectivity index (χ3v) is 1.33. The van der Waals surface area contributed by atoms with Crippen LogP contribution in [-0.4, -0.2) is 11.0 Å². The molecule has 0 aliphatic rings. The van der Waals surface area contributed by atoms with Crippen LogP contribution in [0.2, 0.25) is 0 Å². The number of hydrogen-bond acceptors (Lipinski definition) is 3. The molecular formula is C7H6NO3-. The molecule has 0 saturated heterocycles. The highest BCUT2D eigenvalue weighted by Gasteiger charge is 1.97. The number of nitrogens with one attached hydrogen (secondary N) is 1. The standard InChI is InChI=1S/C7H7NO3/c1-4-2-3-5(9)8-6(4)7(10)11/h2-3H,1H3,(H,8,9)(H,10,11)/p-1. The number of aromatic nitrogens is 1. The summed E-state index contributed by atoms with van der Waals surface area (Å²) in [5.41, 5.74) is -0.100. The number of aromatic amines is 1. The van der Waals surface area contributed by atoms with Gasteiger partial charge in [0.25, 0.3) is 0 Å². The van der Waals surface area contributed by atoms with Gasteiger partial charge in [-0.1, -0.05) is 6.07 Å². The second kappa shape index (κ2) is 2.57. The van der Waals surface area contributed by atoms with Crippen LogP contribution in [0.15, 0.2) is 16.9 Å². The van der Waals surface area contributed by atoms with Gasteiger partial charge in [-0.25, -0.2) is 0 Å². The van der Waals surface area contributed by atoms with Gasteiger partial charge in [0, 0.05) is 6.07 Å². The molecule has 0 aliphatic heterocycles. The second-order valence-electron chi connectivity index (χ2n) is 2.17. The van der Waals surface area contributed by atoms with E-state index in [9.17, 15) is 14.7 Å². The van der Waals surface area contributed by atoms with E-state index in [1.807, 2.05) is 0 Å². The number of aryl methyl sites for hydroxylation is 1. The number of carbonyl (C=O) groups excluding carboxylic acids is 1. The van der Waals surface area contributed by atoms with E-state index in [0.29, 0.717) is 5.56 Å². The van der Waals surface area contributed by atoms with E-state index in [4.69, 9.17) is 0 Å². The molecule has 1 aromatic heterocycles. The maximum atomic E-state index is 10.6. The summed E-state index contributed by atoms with van der Waals surface area (Å²) in [6, 6.07) is 2.70. The topological polar surface area (TPSA) is 73.0 Å². The summed E-state index contributed by atoms with van der Waals surface area (Å²) < 4.78 is 0. The van der Waals surface area contributed by atoms with Crippen LogP contribution in [0, 0.1) is 6.92 Å². The number of H-pyrrole nitrogens is 1. The first-order valence-corrected chi connectivity index (χ1v) is 3.02. The molecule has 0 fully saturated rings. The van der Waals surface area contributed by atoms with Crippen molar-refractivity contribution in [2.75, 3.05) is 0 Å². The summed E-state index contributed by atoms with van der Waals surface area (Å²) in [7, 11) is 0. The fraction of sp³-hybridized carbons (Fsp3) is 0.143. The van der Waals surface area contributed by atoms with E-state index >= 15 is 0 Å². The summed E-state index contributed by atoms with van der Waals surface area (Å²) in [5.74, 6) is -1.36. The van der Waals surface area contributed by atoms with Gasteiger partial charge in [-0.2, -0.15) is 0 Å². The third kappa shape index (κ3) is 1.46. The zero-order valence-corrected chi connectivity index (χ0v) is 5.88. The van der Waals surface area contributed by atoms with Crippen LogP contribution in [0.25, 0.3) is 0 Å². The number of carbonyl (C=O) groups is 1. The van der Waals surface area contributed by atoms with E-state index in [1.54, 1.807) is 6.92 Å². The Morgan fingerprint density at radius 1 is 1.55 bits per heavy atom. The lowest BCUT2D eigenvalue weighted by Crippen LogP contribution is -2.27. The highest BCUT2D eigenvalue weighted by molar-refractivity contribution is 5.84. The predicted molar refractivity (Wildman–Crippen MR) is 36.1 cm³/mol. The van der Waals surface area contributed by atoms with Crippen molar-refractivity contribution in [3.8, 4) is 0 Å². The van der Waals surface area contributed by atoms with E-state index in [0.717, 1.165) is 0 Å². The zero-order chi connectivity index (χ0) is 8.43. The minimum atomic E-state index is -1.36. The normalized spacial score (nSPS) is 9.55. The van der Waals surface area contributed by atoms with Crippen LogP contribution in [0.3, 0.4) is 0 Å². The average molecular weight is 152 g/mol. The maximum Gasteiger partial charge on any atom is 0.248 e. The van der Waals surface area contributed by atoms with Crippen LogP contribution < -0.4 is 10.7 Å². The molecule has 1 aromatic rings. The van der Waals surface area contributed by atoms with Crippen molar-refractivity contribution < 1.29 is 9.90 Å². The van der Waals surface area contributed by atoms with Crippen LogP contribution >= 0.6 is 0 Å². The highest BCUT2D eigenvalue weighted by atomic mass is 16.4. The second-order valence-corrected chi connectivity index (χ2v) is 2.17. The Morgan fingerprint density at radius 2 is 2.18 bits per heavy atom. The molecule has 1 heterocycles. The lowest BCUT2D eigenvalue weighted by atomic mass is 10.2. The third-order valence-electron chi connectivity index (χ3n) is 1.33. The molecule has 0 unspecified atom stereocenters. The monoisotopic (exact) mass is 152 g/mol. The van der Waals surface area contributed by atoms with Crippen molar-refractivity contribution in [3.63, 3.8) is 0 Å². The summed E-state index contributed by atoms with van der Waals surface area (Å²) in [6.07, 6.45) is 0. The van der Waals surface area contributed by atoms with Crippen molar-refractivity contribution in [3.05, 3.63) is 33.7 Å². The molecule has 0 radical (unpaired) electrons. The number of carboxylic acids is 1. The summed E-state index contributed by atoms with van der Waals surface area (Å²) in [5, 5.41) is 10.3.